The highest BCUT2D eigenvalue weighted by atomic mass is 19.3. The van der Waals surface area contributed by atoms with E-state index >= 15 is 4.39 Å². The van der Waals surface area contributed by atoms with Crippen LogP contribution in [0.4, 0.5) is 29.7 Å². The number of hydrogen-bond donors (Lipinski definition) is 2. The van der Waals surface area contributed by atoms with Gasteiger partial charge >= 0.3 is 6.09 Å². The molecule has 3 aromatic heterocycles. The van der Waals surface area contributed by atoms with Gasteiger partial charge in [-0.05, 0) is 51.5 Å². The molecule has 0 spiro atoms. The second kappa shape index (κ2) is 10.9. The first-order valence-corrected chi connectivity index (χ1v) is 14.4. The first-order valence-electron chi connectivity index (χ1n) is 14.4. The first-order chi connectivity index (χ1) is 20.3. The van der Waals surface area contributed by atoms with Gasteiger partial charge in [-0.15, -0.1) is 0 Å². The SMILES string of the molecule is CC(c1ccnc(Nc2nc3cc(-c4cnn(CC5CC5(F)F)c4)c(F)cc3[nH]2)c1)N1CCN(C(=O)OC(C)(C)C)CC1. The zero-order chi connectivity index (χ0) is 30.5. The van der Waals surface area contributed by atoms with E-state index in [0.717, 1.165) is 18.7 Å². The number of hydrogen-bond acceptors (Lipinski definition) is 7. The van der Waals surface area contributed by atoms with Gasteiger partial charge in [0.15, 0.2) is 0 Å². The number of anilines is 2. The fourth-order valence-electron chi connectivity index (χ4n) is 5.33. The molecule has 2 atom stereocenters. The third kappa shape index (κ3) is 6.46. The molecule has 4 heterocycles. The van der Waals surface area contributed by atoms with Crippen LogP contribution < -0.4 is 5.32 Å². The Morgan fingerprint density at radius 1 is 1.21 bits per heavy atom. The first kappa shape index (κ1) is 29.0. The lowest BCUT2D eigenvalue weighted by molar-refractivity contribution is 0.0110. The number of imidazole rings is 1. The maximum Gasteiger partial charge on any atom is 0.410 e. The second-order valence-electron chi connectivity index (χ2n) is 12.3. The van der Waals surface area contributed by atoms with Crippen molar-refractivity contribution < 1.29 is 22.7 Å². The van der Waals surface area contributed by atoms with Gasteiger partial charge in [-0.1, -0.05) is 0 Å². The number of rotatable bonds is 7. The monoisotopic (exact) mass is 596 g/mol. The predicted octanol–water partition coefficient (Wildman–Crippen LogP) is 5.97. The van der Waals surface area contributed by atoms with Gasteiger partial charge < -0.3 is 19.9 Å². The number of H-pyrrole nitrogens is 1. The molecule has 1 aliphatic carbocycles. The molecule has 1 aliphatic heterocycles. The highest BCUT2D eigenvalue weighted by Crippen LogP contribution is 2.49. The normalized spacial score (nSPS) is 19.4. The molecule has 1 saturated heterocycles. The number of aromatic nitrogens is 5. The molecule has 43 heavy (non-hydrogen) atoms. The number of ether oxygens (including phenoxy) is 1. The van der Waals surface area contributed by atoms with Crippen molar-refractivity contribution in [1.29, 1.82) is 0 Å². The van der Waals surface area contributed by atoms with Crippen LogP contribution in [-0.2, 0) is 11.3 Å². The Balaban J connectivity index is 1.11. The second-order valence-corrected chi connectivity index (χ2v) is 12.3. The Morgan fingerprint density at radius 3 is 2.65 bits per heavy atom. The number of aromatic amines is 1. The van der Waals surface area contributed by atoms with Crippen molar-refractivity contribution in [2.24, 2.45) is 5.92 Å². The van der Waals surface area contributed by atoms with Gasteiger partial charge in [0.1, 0.15) is 17.2 Å². The van der Waals surface area contributed by atoms with Crippen molar-refractivity contribution in [3.05, 3.63) is 54.2 Å². The van der Waals surface area contributed by atoms with E-state index in [1.54, 1.807) is 23.4 Å². The Labute approximate surface area is 247 Å². The van der Waals surface area contributed by atoms with Crippen LogP contribution >= 0.6 is 0 Å². The van der Waals surface area contributed by atoms with E-state index in [9.17, 15) is 13.6 Å². The van der Waals surface area contributed by atoms with Gasteiger partial charge in [0.2, 0.25) is 5.95 Å². The van der Waals surface area contributed by atoms with Crippen LogP contribution in [-0.4, -0.2) is 78.3 Å². The Kier molecular flexibility index (Phi) is 7.31. The van der Waals surface area contributed by atoms with Crippen molar-refractivity contribution >= 4 is 28.9 Å². The van der Waals surface area contributed by atoms with Crippen LogP contribution in [0.25, 0.3) is 22.2 Å². The minimum Gasteiger partial charge on any atom is -0.444 e. The summed E-state index contributed by atoms with van der Waals surface area (Å²) in [4.78, 5) is 28.6. The molecule has 2 aliphatic rings. The summed E-state index contributed by atoms with van der Waals surface area (Å²) in [5, 5.41) is 7.32. The standard InChI is InChI=1S/C30H35F3N8O2/c1-18(39-7-9-40(10-8-39)28(42)43-29(2,3)4)19-5-6-34-26(11-19)38-27-36-24-12-22(23(31)13-25(24)37-27)20-15-35-41(16-20)17-21-14-30(21,32)33/h5-6,11-13,15-16,18,21H,7-10,14,17H2,1-4H3,(H2,34,36,37,38). The van der Waals surface area contributed by atoms with Gasteiger partial charge in [-0.3, -0.25) is 9.58 Å². The maximum absolute atomic E-state index is 15.0. The molecule has 1 saturated carbocycles. The molecule has 4 aromatic rings. The molecule has 2 unspecified atom stereocenters. The van der Waals surface area contributed by atoms with Gasteiger partial charge in [0.05, 0.1) is 17.2 Å². The summed E-state index contributed by atoms with van der Waals surface area (Å²) in [7, 11) is 0. The smallest absolute Gasteiger partial charge is 0.410 e. The van der Waals surface area contributed by atoms with Crippen molar-refractivity contribution in [1.82, 2.24) is 34.5 Å². The Bertz CT molecular complexity index is 1640. The van der Waals surface area contributed by atoms with E-state index in [4.69, 9.17) is 4.74 Å². The number of nitrogens with zero attached hydrogens (tertiary/aromatic N) is 6. The number of benzene rings is 1. The number of pyridine rings is 1. The van der Waals surface area contributed by atoms with Gasteiger partial charge in [0, 0.05) is 80.7 Å². The highest BCUT2D eigenvalue weighted by Gasteiger charge is 2.56. The van der Waals surface area contributed by atoms with E-state index in [-0.39, 0.29) is 25.1 Å². The molecule has 2 fully saturated rings. The molecule has 1 aromatic carbocycles. The largest absolute Gasteiger partial charge is 0.444 e. The molecule has 0 radical (unpaired) electrons. The van der Waals surface area contributed by atoms with E-state index in [0.29, 0.717) is 47.0 Å². The van der Waals surface area contributed by atoms with Gasteiger partial charge in [0.25, 0.3) is 5.92 Å². The number of fused-ring (bicyclic) bond motifs is 1. The van der Waals surface area contributed by atoms with Crippen LogP contribution in [0.5, 0.6) is 0 Å². The lowest BCUT2D eigenvalue weighted by atomic mass is 10.1. The third-order valence-corrected chi connectivity index (χ3v) is 7.90. The quantitative estimate of drug-likeness (QED) is 0.271. The molecule has 6 rings (SSSR count). The van der Waals surface area contributed by atoms with E-state index in [1.165, 1.54) is 16.9 Å². The van der Waals surface area contributed by atoms with Crippen molar-refractivity contribution in [3.63, 3.8) is 0 Å². The molecular formula is C30H35F3N8O2. The van der Waals surface area contributed by atoms with Crippen molar-refractivity contribution in [3.8, 4) is 11.1 Å². The van der Waals surface area contributed by atoms with Crippen LogP contribution in [0.1, 0.15) is 45.7 Å². The molecule has 10 nitrogen and oxygen atoms in total. The van der Waals surface area contributed by atoms with Crippen molar-refractivity contribution in [2.45, 2.75) is 58.2 Å². The van der Waals surface area contributed by atoms with E-state index in [2.05, 4.69) is 37.2 Å². The number of alkyl halides is 2. The highest BCUT2D eigenvalue weighted by molar-refractivity contribution is 5.84. The number of nitrogens with one attached hydrogen (secondary N) is 2. The average Bonchev–Trinajstić information content (AvgIpc) is 3.25. The van der Waals surface area contributed by atoms with E-state index in [1.807, 2.05) is 32.9 Å². The number of carbonyl (C=O) groups is 1. The Morgan fingerprint density at radius 2 is 1.95 bits per heavy atom. The molecule has 2 N–H and O–H groups in total. The van der Waals surface area contributed by atoms with Crippen LogP contribution in [0.2, 0.25) is 0 Å². The molecule has 228 valence electrons. The fourth-order valence-corrected chi connectivity index (χ4v) is 5.33. The number of amides is 1. The molecule has 13 heteroatoms. The minimum atomic E-state index is -2.64. The number of carbonyl (C=O) groups excluding carboxylic acids is 1. The third-order valence-electron chi connectivity index (χ3n) is 7.90. The topological polar surface area (TPSA) is 104 Å². The van der Waals surface area contributed by atoms with Gasteiger partial charge in [-0.25, -0.2) is 27.9 Å². The molecular weight excluding hydrogens is 561 g/mol. The summed E-state index contributed by atoms with van der Waals surface area (Å²) in [6.45, 7) is 10.4. The summed E-state index contributed by atoms with van der Waals surface area (Å²) in [5.74, 6) is -2.85. The summed E-state index contributed by atoms with van der Waals surface area (Å²) in [6, 6.07) is 6.96. The molecule has 1 amide bonds. The summed E-state index contributed by atoms with van der Waals surface area (Å²) >= 11 is 0. The average molecular weight is 597 g/mol. The van der Waals surface area contributed by atoms with Crippen molar-refractivity contribution in [2.75, 3.05) is 31.5 Å². The van der Waals surface area contributed by atoms with Crippen LogP contribution in [0, 0.1) is 11.7 Å². The van der Waals surface area contributed by atoms with Crippen LogP contribution in [0.15, 0.2) is 42.9 Å². The lowest BCUT2D eigenvalue weighted by Gasteiger charge is -2.38. The summed E-state index contributed by atoms with van der Waals surface area (Å²) in [6.07, 6.45) is 4.35. The fraction of sp³-hybridized carbons (Fsp3) is 0.467. The Hall–Kier alpha value is -4.13. The lowest BCUT2D eigenvalue weighted by Crippen LogP contribution is -2.50. The predicted molar refractivity (Wildman–Crippen MR) is 156 cm³/mol. The molecule has 0 bridgehead atoms. The van der Waals surface area contributed by atoms with E-state index < -0.39 is 23.3 Å². The number of piperazine rings is 1. The summed E-state index contributed by atoms with van der Waals surface area (Å²) in [5.41, 5.74) is 2.35. The minimum absolute atomic E-state index is 0.0868. The van der Waals surface area contributed by atoms with Crippen LogP contribution in [0.3, 0.4) is 0 Å². The zero-order valence-corrected chi connectivity index (χ0v) is 24.6. The van der Waals surface area contributed by atoms with Gasteiger partial charge in [-0.2, -0.15) is 5.10 Å². The maximum atomic E-state index is 15.0. The zero-order valence-electron chi connectivity index (χ0n) is 24.6. The summed E-state index contributed by atoms with van der Waals surface area (Å²) < 4.78 is 48.6. The number of halogens is 3.